The molecule has 0 saturated carbocycles. The Labute approximate surface area is 148 Å². The quantitative estimate of drug-likeness (QED) is 0.854. The van der Waals surface area contributed by atoms with E-state index in [1.54, 1.807) is 0 Å². The minimum absolute atomic E-state index is 0.139. The van der Waals surface area contributed by atoms with Crippen molar-refractivity contribution in [2.45, 2.75) is 38.3 Å². The molecule has 0 amide bonds. The van der Waals surface area contributed by atoms with Gasteiger partial charge in [0.1, 0.15) is 6.10 Å². The topological polar surface area (TPSA) is 58.4 Å². The summed E-state index contributed by atoms with van der Waals surface area (Å²) in [6, 6.07) is 8.51. The number of rotatable bonds is 4. The highest BCUT2D eigenvalue weighted by molar-refractivity contribution is 5.22. The fourth-order valence-electron chi connectivity index (χ4n) is 3.48. The van der Waals surface area contributed by atoms with Gasteiger partial charge in [0.15, 0.2) is 11.6 Å². The molecule has 4 rings (SSSR count). The first-order valence-corrected chi connectivity index (χ1v) is 9.07. The predicted molar refractivity (Wildman–Crippen MR) is 92.6 cm³/mol. The SMILES string of the molecule is Cc1cccc(Cn2nc(C3CCOCC3)nc2C2COCCO2)c1. The molecule has 25 heavy (non-hydrogen) atoms. The van der Waals surface area contributed by atoms with Crippen LogP contribution in [0.3, 0.4) is 0 Å². The Balaban J connectivity index is 1.63. The first kappa shape index (κ1) is 16.7. The number of nitrogens with zero attached hydrogens (tertiary/aromatic N) is 3. The van der Waals surface area contributed by atoms with Gasteiger partial charge in [0.25, 0.3) is 0 Å². The standard InChI is InChI=1S/C19H25N3O3/c1-14-3-2-4-15(11-14)12-22-19(17-13-24-9-10-25-17)20-18(21-22)16-5-7-23-8-6-16/h2-4,11,16-17H,5-10,12-13H2,1H3. The van der Waals surface area contributed by atoms with Crippen LogP contribution in [-0.4, -0.2) is 47.8 Å². The average molecular weight is 343 g/mol. The Morgan fingerprint density at radius 1 is 1.12 bits per heavy atom. The summed E-state index contributed by atoms with van der Waals surface area (Å²) in [5, 5.41) is 4.85. The molecule has 2 saturated heterocycles. The van der Waals surface area contributed by atoms with E-state index < -0.39 is 0 Å². The summed E-state index contributed by atoms with van der Waals surface area (Å²) in [7, 11) is 0. The van der Waals surface area contributed by atoms with Gasteiger partial charge in [-0.05, 0) is 25.3 Å². The van der Waals surface area contributed by atoms with Gasteiger partial charge >= 0.3 is 0 Å². The zero-order chi connectivity index (χ0) is 17.1. The van der Waals surface area contributed by atoms with Gasteiger partial charge in [-0.3, -0.25) is 0 Å². The highest BCUT2D eigenvalue weighted by Crippen LogP contribution is 2.27. The number of aryl methyl sites for hydroxylation is 1. The molecule has 2 aliphatic rings. The molecule has 6 heteroatoms. The minimum atomic E-state index is -0.139. The van der Waals surface area contributed by atoms with Gasteiger partial charge in [-0.15, -0.1) is 0 Å². The van der Waals surface area contributed by atoms with Gasteiger partial charge in [-0.25, -0.2) is 9.67 Å². The first-order valence-electron chi connectivity index (χ1n) is 9.07. The van der Waals surface area contributed by atoms with E-state index in [0.717, 1.165) is 37.7 Å². The monoisotopic (exact) mass is 343 g/mol. The summed E-state index contributed by atoms with van der Waals surface area (Å²) in [5.41, 5.74) is 2.47. The second-order valence-corrected chi connectivity index (χ2v) is 6.80. The fraction of sp³-hybridized carbons (Fsp3) is 0.579. The molecule has 134 valence electrons. The molecule has 0 aliphatic carbocycles. The normalized spacial score (nSPS) is 22.2. The zero-order valence-corrected chi connectivity index (χ0v) is 14.7. The lowest BCUT2D eigenvalue weighted by molar-refractivity contribution is -0.0949. The molecule has 0 bridgehead atoms. The summed E-state index contributed by atoms with van der Waals surface area (Å²) < 4.78 is 19.0. The van der Waals surface area contributed by atoms with Crippen LogP contribution in [0, 0.1) is 6.92 Å². The molecule has 0 N–H and O–H groups in total. The van der Waals surface area contributed by atoms with Crippen molar-refractivity contribution >= 4 is 0 Å². The molecular formula is C19H25N3O3. The van der Waals surface area contributed by atoms with E-state index in [0.29, 0.717) is 32.3 Å². The van der Waals surface area contributed by atoms with Crippen LogP contribution >= 0.6 is 0 Å². The predicted octanol–water partition coefficient (Wildman–Crippen LogP) is 2.62. The van der Waals surface area contributed by atoms with E-state index in [4.69, 9.17) is 24.3 Å². The first-order chi connectivity index (χ1) is 12.3. The van der Waals surface area contributed by atoms with Gasteiger partial charge < -0.3 is 14.2 Å². The minimum Gasteiger partial charge on any atom is -0.381 e. The van der Waals surface area contributed by atoms with Crippen LogP contribution in [0.2, 0.25) is 0 Å². The molecule has 6 nitrogen and oxygen atoms in total. The molecule has 0 radical (unpaired) electrons. The van der Waals surface area contributed by atoms with Crippen molar-refractivity contribution in [2.24, 2.45) is 0 Å². The van der Waals surface area contributed by atoms with Crippen molar-refractivity contribution in [3.05, 3.63) is 47.0 Å². The number of hydrogen-bond donors (Lipinski definition) is 0. The molecule has 2 aliphatic heterocycles. The molecule has 1 unspecified atom stereocenters. The molecule has 2 fully saturated rings. The third kappa shape index (κ3) is 3.92. The Bertz CT molecular complexity index is 704. The van der Waals surface area contributed by atoms with Crippen LogP contribution in [0.4, 0.5) is 0 Å². The fourth-order valence-corrected chi connectivity index (χ4v) is 3.48. The maximum absolute atomic E-state index is 5.89. The van der Waals surface area contributed by atoms with Gasteiger partial charge in [0.05, 0.1) is 26.4 Å². The Morgan fingerprint density at radius 2 is 2.00 bits per heavy atom. The highest BCUT2D eigenvalue weighted by atomic mass is 16.6. The summed E-state index contributed by atoms with van der Waals surface area (Å²) in [5.74, 6) is 2.17. The highest BCUT2D eigenvalue weighted by Gasteiger charge is 2.27. The lowest BCUT2D eigenvalue weighted by Crippen LogP contribution is -2.25. The van der Waals surface area contributed by atoms with Crippen molar-refractivity contribution in [2.75, 3.05) is 33.0 Å². The molecule has 3 heterocycles. The summed E-state index contributed by atoms with van der Waals surface area (Å²) in [6.07, 6.45) is 1.82. The Kier molecular flexibility index (Phi) is 5.10. The molecular weight excluding hydrogens is 318 g/mol. The van der Waals surface area contributed by atoms with E-state index in [9.17, 15) is 0 Å². The van der Waals surface area contributed by atoms with Crippen molar-refractivity contribution in [3.63, 3.8) is 0 Å². The van der Waals surface area contributed by atoms with E-state index >= 15 is 0 Å². The summed E-state index contributed by atoms with van der Waals surface area (Å²) in [6.45, 7) is 6.18. The van der Waals surface area contributed by atoms with E-state index in [1.807, 2.05) is 4.68 Å². The molecule has 0 spiro atoms. The third-order valence-corrected chi connectivity index (χ3v) is 4.82. The largest absolute Gasteiger partial charge is 0.381 e. The maximum Gasteiger partial charge on any atom is 0.159 e. The van der Waals surface area contributed by atoms with Crippen LogP contribution in [-0.2, 0) is 20.8 Å². The number of ether oxygens (including phenoxy) is 3. The zero-order valence-electron chi connectivity index (χ0n) is 14.7. The van der Waals surface area contributed by atoms with Crippen LogP contribution in [0.25, 0.3) is 0 Å². The number of aromatic nitrogens is 3. The second kappa shape index (κ2) is 7.64. The van der Waals surface area contributed by atoms with Crippen molar-refractivity contribution in [1.82, 2.24) is 14.8 Å². The molecule has 1 aromatic heterocycles. The lowest BCUT2D eigenvalue weighted by Gasteiger charge is -2.22. The van der Waals surface area contributed by atoms with Crippen molar-refractivity contribution < 1.29 is 14.2 Å². The summed E-state index contributed by atoms with van der Waals surface area (Å²) >= 11 is 0. The van der Waals surface area contributed by atoms with Crippen LogP contribution in [0.15, 0.2) is 24.3 Å². The van der Waals surface area contributed by atoms with E-state index in [1.165, 1.54) is 11.1 Å². The average Bonchev–Trinajstić information content (AvgIpc) is 3.07. The molecule has 1 aromatic carbocycles. The van der Waals surface area contributed by atoms with Crippen LogP contribution < -0.4 is 0 Å². The van der Waals surface area contributed by atoms with Gasteiger partial charge in [0.2, 0.25) is 0 Å². The number of benzene rings is 1. The van der Waals surface area contributed by atoms with Crippen molar-refractivity contribution in [3.8, 4) is 0 Å². The van der Waals surface area contributed by atoms with Crippen LogP contribution in [0.1, 0.15) is 47.6 Å². The van der Waals surface area contributed by atoms with Gasteiger partial charge in [0, 0.05) is 19.1 Å². The molecule has 1 atom stereocenters. The lowest BCUT2D eigenvalue weighted by atomic mass is 10.00. The number of hydrogen-bond acceptors (Lipinski definition) is 5. The van der Waals surface area contributed by atoms with E-state index in [2.05, 4.69) is 31.2 Å². The van der Waals surface area contributed by atoms with E-state index in [-0.39, 0.29) is 6.10 Å². The Morgan fingerprint density at radius 3 is 2.76 bits per heavy atom. The van der Waals surface area contributed by atoms with Gasteiger partial charge in [-0.1, -0.05) is 29.8 Å². The Hall–Kier alpha value is -1.76. The molecule has 2 aromatic rings. The van der Waals surface area contributed by atoms with Gasteiger partial charge in [-0.2, -0.15) is 5.10 Å². The summed E-state index contributed by atoms with van der Waals surface area (Å²) in [4.78, 5) is 4.87. The smallest absolute Gasteiger partial charge is 0.159 e. The van der Waals surface area contributed by atoms with Crippen LogP contribution in [0.5, 0.6) is 0 Å². The van der Waals surface area contributed by atoms with Crippen molar-refractivity contribution in [1.29, 1.82) is 0 Å². The maximum atomic E-state index is 5.89. The third-order valence-electron chi connectivity index (χ3n) is 4.82. The second-order valence-electron chi connectivity index (χ2n) is 6.80.